The summed E-state index contributed by atoms with van der Waals surface area (Å²) in [4.78, 5) is 10.8. The minimum absolute atomic E-state index is 0.393. The first kappa shape index (κ1) is 9.67. The van der Waals surface area contributed by atoms with Gasteiger partial charge in [-0.05, 0) is 19.3 Å². The van der Waals surface area contributed by atoms with E-state index in [4.69, 9.17) is 0 Å². The Balaban J connectivity index is 2.96. The molecule has 0 spiro atoms. The highest BCUT2D eigenvalue weighted by molar-refractivity contribution is 5.77. The number of hydrogen-bond donors (Lipinski definition) is 0. The van der Waals surface area contributed by atoms with Crippen molar-refractivity contribution in [3.05, 3.63) is 6.42 Å². The summed E-state index contributed by atoms with van der Waals surface area (Å²) in [5.41, 5.74) is 0. The van der Waals surface area contributed by atoms with E-state index in [0.29, 0.717) is 12.2 Å². The molecule has 0 aliphatic heterocycles. The van der Waals surface area contributed by atoms with Gasteiger partial charge in [-0.3, -0.25) is 4.79 Å². The van der Waals surface area contributed by atoms with Crippen molar-refractivity contribution in [1.29, 1.82) is 0 Å². The molecule has 0 bridgehead atoms. The second-order valence-corrected chi connectivity index (χ2v) is 2.48. The van der Waals surface area contributed by atoms with Gasteiger partial charge in [0.2, 0.25) is 0 Å². The van der Waals surface area contributed by atoms with Gasteiger partial charge in [0.25, 0.3) is 0 Å². The summed E-state index contributed by atoms with van der Waals surface area (Å²) in [6.45, 7) is 4.05. The van der Waals surface area contributed by atoms with Crippen molar-refractivity contribution in [2.75, 3.05) is 0 Å². The predicted octanol–water partition coefficient (Wildman–Crippen LogP) is 2.75. The van der Waals surface area contributed by atoms with Crippen molar-refractivity contribution < 1.29 is 4.79 Å². The second-order valence-electron chi connectivity index (χ2n) is 2.48. The van der Waals surface area contributed by atoms with Crippen molar-refractivity contribution in [1.82, 2.24) is 0 Å². The van der Waals surface area contributed by atoms with E-state index in [-0.39, 0.29) is 0 Å². The zero-order chi connectivity index (χ0) is 7.82. The molecule has 10 heavy (non-hydrogen) atoms. The van der Waals surface area contributed by atoms with Crippen LogP contribution in [0.1, 0.15) is 46.0 Å². The molecule has 0 aromatic rings. The van der Waals surface area contributed by atoms with Crippen molar-refractivity contribution in [3.63, 3.8) is 0 Å². The van der Waals surface area contributed by atoms with Gasteiger partial charge >= 0.3 is 0 Å². The van der Waals surface area contributed by atoms with Crippen LogP contribution in [0.2, 0.25) is 0 Å². The molecule has 0 unspecified atom stereocenters. The van der Waals surface area contributed by atoms with Crippen LogP contribution in [0.15, 0.2) is 0 Å². The zero-order valence-electron chi connectivity index (χ0n) is 7.02. The molecule has 1 radical (unpaired) electrons. The van der Waals surface area contributed by atoms with Gasteiger partial charge in [0.15, 0.2) is 0 Å². The van der Waals surface area contributed by atoms with Crippen LogP contribution < -0.4 is 0 Å². The maximum atomic E-state index is 10.8. The third kappa shape index (κ3) is 5.80. The van der Waals surface area contributed by atoms with E-state index < -0.39 is 0 Å². The molecule has 59 valence electrons. The molecule has 0 atom stereocenters. The highest BCUT2D eigenvalue weighted by Crippen LogP contribution is 2.02. The first-order valence-electron chi connectivity index (χ1n) is 4.14. The lowest BCUT2D eigenvalue weighted by Gasteiger charge is -1.95. The fourth-order valence-electron chi connectivity index (χ4n) is 0.824. The van der Waals surface area contributed by atoms with Gasteiger partial charge in [-0.2, -0.15) is 0 Å². The summed E-state index contributed by atoms with van der Waals surface area (Å²) in [6, 6.07) is 0. The molecule has 0 N–H and O–H groups in total. The van der Waals surface area contributed by atoms with E-state index in [1.54, 1.807) is 0 Å². The molecule has 1 nitrogen and oxygen atoms in total. The fraction of sp³-hybridized carbons (Fsp3) is 0.778. The Morgan fingerprint density at radius 3 is 2.60 bits per heavy atom. The highest BCUT2D eigenvalue weighted by atomic mass is 16.1. The molecule has 0 heterocycles. The lowest BCUT2D eigenvalue weighted by molar-refractivity contribution is -0.118. The minimum atomic E-state index is 0.393. The smallest absolute Gasteiger partial charge is 0.132 e. The van der Waals surface area contributed by atoms with Gasteiger partial charge in [0.1, 0.15) is 5.78 Å². The molecule has 0 amide bonds. The number of hydrogen-bond acceptors (Lipinski definition) is 1. The molecule has 0 aromatic carbocycles. The summed E-state index contributed by atoms with van der Waals surface area (Å²) in [5, 5.41) is 0. The quantitative estimate of drug-likeness (QED) is 0.520. The maximum absolute atomic E-state index is 10.8. The Morgan fingerprint density at radius 2 is 2.10 bits per heavy atom. The van der Waals surface area contributed by atoms with Crippen LogP contribution in [0.3, 0.4) is 0 Å². The zero-order valence-corrected chi connectivity index (χ0v) is 7.02. The van der Waals surface area contributed by atoms with Crippen molar-refractivity contribution in [3.8, 4) is 0 Å². The minimum Gasteiger partial charge on any atom is -0.300 e. The van der Waals surface area contributed by atoms with Crippen molar-refractivity contribution in [2.45, 2.75) is 46.0 Å². The number of carbonyl (C=O) groups is 1. The van der Waals surface area contributed by atoms with Gasteiger partial charge in [0, 0.05) is 12.8 Å². The molecule has 1 heteroatoms. The van der Waals surface area contributed by atoms with Gasteiger partial charge in [0.05, 0.1) is 0 Å². The molecule has 0 saturated carbocycles. The standard InChI is InChI=1S/C9H17O/c1-3-5-6-7-8-9(10)4-2/h5H,3-4,6-8H2,1-2H3. The molecular weight excluding hydrogens is 124 g/mol. The summed E-state index contributed by atoms with van der Waals surface area (Å²) in [6.07, 6.45) is 6.96. The monoisotopic (exact) mass is 141 g/mol. The van der Waals surface area contributed by atoms with Crippen LogP contribution in [0.5, 0.6) is 0 Å². The Hall–Kier alpha value is -0.330. The molecule has 0 aromatic heterocycles. The highest BCUT2D eigenvalue weighted by Gasteiger charge is 1.95. The largest absolute Gasteiger partial charge is 0.300 e. The number of Topliss-reactive ketones (excluding diaryl/α,β-unsaturated/α-hetero) is 1. The second kappa shape index (κ2) is 6.79. The van der Waals surface area contributed by atoms with E-state index in [1.165, 1.54) is 0 Å². The van der Waals surface area contributed by atoms with Crippen molar-refractivity contribution >= 4 is 5.78 Å². The molecule has 0 aliphatic carbocycles. The molecule has 0 fully saturated rings. The van der Waals surface area contributed by atoms with E-state index in [2.05, 4.69) is 13.3 Å². The molecular formula is C9H17O. The number of carbonyl (C=O) groups excluding carboxylic acids is 1. The van der Waals surface area contributed by atoms with Gasteiger partial charge in [-0.15, -0.1) is 0 Å². The average molecular weight is 141 g/mol. The number of unbranched alkanes of at least 4 members (excludes halogenated alkanes) is 3. The summed E-state index contributed by atoms with van der Waals surface area (Å²) >= 11 is 0. The van der Waals surface area contributed by atoms with E-state index in [1.807, 2.05) is 6.92 Å². The van der Waals surface area contributed by atoms with Gasteiger partial charge in [-0.25, -0.2) is 0 Å². The maximum Gasteiger partial charge on any atom is 0.132 e. The van der Waals surface area contributed by atoms with Crippen LogP contribution in [0.4, 0.5) is 0 Å². The average Bonchev–Trinajstić information content (AvgIpc) is 1.98. The number of ketones is 1. The summed E-state index contributed by atoms with van der Waals surface area (Å²) < 4.78 is 0. The van der Waals surface area contributed by atoms with Crippen LogP contribution in [0, 0.1) is 6.42 Å². The fourth-order valence-corrected chi connectivity index (χ4v) is 0.824. The predicted molar refractivity (Wildman–Crippen MR) is 43.7 cm³/mol. The van der Waals surface area contributed by atoms with E-state index in [0.717, 1.165) is 25.7 Å². The first-order chi connectivity index (χ1) is 4.81. The van der Waals surface area contributed by atoms with E-state index >= 15 is 0 Å². The third-order valence-electron chi connectivity index (χ3n) is 1.55. The lowest BCUT2D eigenvalue weighted by atomic mass is 10.1. The SMILES string of the molecule is CC[CH]CCCC(=O)CC. The first-order valence-corrected chi connectivity index (χ1v) is 4.14. The molecule has 0 aliphatic rings. The Labute approximate surface area is 63.8 Å². The Kier molecular flexibility index (Phi) is 6.56. The topological polar surface area (TPSA) is 17.1 Å². The Morgan fingerprint density at radius 1 is 1.40 bits per heavy atom. The van der Waals surface area contributed by atoms with Crippen molar-refractivity contribution in [2.24, 2.45) is 0 Å². The van der Waals surface area contributed by atoms with Gasteiger partial charge in [-0.1, -0.05) is 20.3 Å². The molecule has 0 saturated heterocycles. The summed E-state index contributed by atoms with van der Waals surface area (Å²) in [5.74, 6) is 0.393. The van der Waals surface area contributed by atoms with E-state index in [9.17, 15) is 4.79 Å². The Bertz CT molecular complexity index is 86.7. The molecule has 0 rings (SSSR count). The third-order valence-corrected chi connectivity index (χ3v) is 1.55. The van der Waals surface area contributed by atoms with Crippen LogP contribution >= 0.6 is 0 Å². The normalized spacial score (nSPS) is 9.80. The lowest BCUT2D eigenvalue weighted by Crippen LogP contribution is -1.93. The van der Waals surface area contributed by atoms with Crippen LogP contribution in [0.25, 0.3) is 0 Å². The summed E-state index contributed by atoms with van der Waals surface area (Å²) in [7, 11) is 0. The van der Waals surface area contributed by atoms with Gasteiger partial charge < -0.3 is 0 Å². The van der Waals surface area contributed by atoms with Crippen LogP contribution in [-0.4, -0.2) is 5.78 Å². The number of rotatable bonds is 6. The van der Waals surface area contributed by atoms with Crippen LogP contribution in [-0.2, 0) is 4.79 Å².